The number of thiophene rings is 1. The van der Waals surface area contributed by atoms with E-state index in [0.29, 0.717) is 17.7 Å². The van der Waals surface area contributed by atoms with Crippen molar-refractivity contribution < 1.29 is 4.79 Å². The second-order valence-corrected chi connectivity index (χ2v) is 5.38. The molecule has 0 unspecified atom stereocenters. The van der Waals surface area contributed by atoms with Gasteiger partial charge in [0.15, 0.2) is 0 Å². The number of amides is 1. The van der Waals surface area contributed by atoms with Crippen molar-refractivity contribution in [2.24, 2.45) is 0 Å². The van der Waals surface area contributed by atoms with Gasteiger partial charge in [0.2, 0.25) is 0 Å². The first-order valence-electron chi connectivity index (χ1n) is 5.61. The molecule has 0 aromatic carbocycles. The van der Waals surface area contributed by atoms with Crippen molar-refractivity contribution in [2.45, 2.75) is 18.4 Å². The molecule has 0 bridgehead atoms. The van der Waals surface area contributed by atoms with E-state index in [0.717, 1.165) is 13.1 Å². The van der Waals surface area contributed by atoms with E-state index < -0.39 is 5.54 Å². The first-order valence-corrected chi connectivity index (χ1v) is 6.49. The van der Waals surface area contributed by atoms with Crippen LogP contribution < -0.4 is 5.32 Å². The Labute approximate surface area is 105 Å². The van der Waals surface area contributed by atoms with Crippen molar-refractivity contribution >= 4 is 17.2 Å². The molecule has 0 aliphatic carbocycles. The largest absolute Gasteiger partial charge is 0.333 e. The van der Waals surface area contributed by atoms with E-state index >= 15 is 0 Å². The molecule has 1 aromatic rings. The van der Waals surface area contributed by atoms with Gasteiger partial charge in [-0.3, -0.25) is 4.79 Å². The maximum absolute atomic E-state index is 12.0. The summed E-state index contributed by atoms with van der Waals surface area (Å²) >= 11 is 1.40. The molecule has 1 amide bonds. The van der Waals surface area contributed by atoms with Crippen LogP contribution in [0.5, 0.6) is 0 Å². The molecule has 2 heterocycles. The number of nitriles is 1. The Morgan fingerprint density at radius 3 is 2.82 bits per heavy atom. The lowest BCUT2D eigenvalue weighted by molar-refractivity contribution is 0.0886. The van der Waals surface area contributed by atoms with Crippen LogP contribution in [0.25, 0.3) is 0 Å². The lowest BCUT2D eigenvalue weighted by Gasteiger charge is -2.35. The summed E-state index contributed by atoms with van der Waals surface area (Å²) in [6.45, 7) is 1.69. The SMILES string of the molecule is CN1CCC(C#N)(NC(=O)c2cccs2)CC1. The van der Waals surface area contributed by atoms with Gasteiger partial charge in [0, 0.05) is 13.1 Å². The van der Waals surface area contributed by atoms with Gasteiger partial charge < -0.3 is 10.2 Å². The standard InChI is InChI=1S/C12H15N3OS/c1-15-6-4-12(9-13,5-7-15)14-11(16)10-3-2-8-17-10/h2-3,8H,4-7H2,1H3,(H,14,16). The number of hydrogen-bond donors (Lipinski definition) is 1. The van der Waals surface area contributed by atoms with Gasteiger partial charge in [0.05, 0.1) is 10.9 Å². The highest BCUT2D eigenvalue weighted by atomic mass is 32.1. The van der Waals surface area contributed by atoms with Crippen molar-refractivity contribution in [1.29, 1.82) is 5.26 Å². The van der Waals surface area contributed by atoms with Gasteiger partial charge >= 0.3 is 0 Å². The fraction of sp³-hybridized carbons (Fsp3) is 0.500. The number of piperidine rings is 1. The zero-order valence-electron chi connectivity index (χ0n) is 9.77. The number of likely N-dealkylation sites (tertiary alicyclic amines) is 1. The summed E-state index contributed by atoms with van der Waals surface area (Å²) in [4.78, 5) is 14.8. The molecule has 1 fully saturated rings. The second kappa shape index (κ2) is 4.86. The van der Waals surface area contributed by atoms with E-state index in [1.165, 1.54) is 11.3 Å². The van der Waals surface area contributed by atoms with Crippen LogP contribution in [-0.2, 0) is 0 Å². The lowest BCUT2D eigenvalue weighted by Crippen LogP contribution is -2.53. The third-order valence-electron chi connectivity index (χ3n) is 3.15. The molecule has 0 spiro atoms. The number of nitrogens with one attached hydrogen (secondary N) is 1. The summed E-state index contributed by atoms with van der Waals surface area (Å²) in [6, 6.07) is 5.90. The van der Waals surface area contributed by atoms with Crippen LogP contribution in [0.2, 0.25) is 0 Å². The Morgan fingerprint density at radius 1 is 1.59 bits per heavy atom. The third-order valence-corrected chi connectivity index (χ3v) is 4.02. The number of hydrogen-bond acceptors (Lipinski definition) is 4. The molecule has 1 aliphatic rings. The molecule has 4 nitrogen and oxygen atoms in total. The first-order chi connectivity index (χ1) is 8.15. The molecule has 1 aliphatic heterocycles. The van der Waals surface area contributed by atoms with E-state index in [1.807, 2.05) is 18.5 Å². The van der Waals surface area contributed by atoms with Crippen LogP contribution >= 0.6 is 11.3 Å². The summed E-state index contributed by atoms with van der Waals surface area (Å²) in [5.74, 6) is -0.133. The molecule has 2 rings (SSSR count). The van der Waals surface area contributed by atoms with Gasteiger partial charge in [-0.2, -0.15) is 5.26 Å². The molecule has 1 aromatic heterocycles. The normalized spacial score (nSPS) is 19.5. The van der Waals surface area contributed by atoms with Gasteiger partial charge in [-0.25, -0.2) is 0 Å². The summed E-state index contributed by atoms with van der Waals surface area (Å²) < 4.78 is 0. The highest BCUT2D eigenvalue weighted by molar-refractivity contribution is 7.12. The van der Waals surface area contributed by atoms with E-state index in [-0.39, 0.29) is 5.91 Å². The minimum absolute atomic E-state index is 0.133. The Kier molecular flexibility index (Phi) is 3.46. The van der Waals surface area contributed by atoms with E-state index in [1.54, 1.807) is 6.07 Å². The molecule has 5 heteroatoms. The number of carbonyl (C=O) groups excluding carboxylic acids is 1. The molecule has 1 N–H and O–H groups in total. The predicted octanol–water partition coefficient (Wildman–Crippen LogP) is 1.47. The van der Waals surface area contributed by atoms with Crippen LogP contribution in [0.4, 0.5) is 0 Å². The van der Waals surface area contributed by atoms with Gasteiger partial charge in [-0.15, -0.1) is 11.3 Å². The van der Waals surface area contributed by atoms with Crippen LogP contribution in [0.1, 0.15) is 22.5 Å². The topological polar surface area (TPSA) is 56.1 Å². The van der Waals surface area contributed by atoms with Crippen molar-refractivity contribution in [1.82, 2.24) is 10.2 Å². The Hall–Kier alpha value is -1.38. The Morgan fingerprint density at radius 2 is 2.29 bits per heavy atom. The molecule has 0 atom stereocenters. The zero-order chi connectivity index (χ0) is 12.3. The number of nitrogens with zero attached hydrogens (tertiary/aromatic N) is 2. The maximum atomic E-state index is 12.0. The molecule has 90 valence electrons. The molecular formula is C12H15N3OS. The zero-order valence-corrected chi connectivity index (χ0v) is 10.6. The van der Waals surface area contributed by atoms with Crippen molar-refractivity contribution in [2.75, 3.05) is 20.1 Å². The Bertz CT molecular complexity index is 427. The summed E-state index contributed by atoms with van der Waals surface area (Å²) in [6.07, 6.45) is 1.38. The average molecular weight is 249 g/mol. The van der Waals surface area contributed by atoms with Gasteiger partial charge in [-0.05, 0) is 31.3 Å². The van der Waals surface area contributed by atoms with Crippen LogP contribution in [-0.4, -0.2) is 36.5 Å². The molecular weight excluding hydrogens is 234 g/mol. The van der Waals surface area contributed by atoms with Crippen molar-refractivity contribution in [3.05, 3.63) is 22.4 Å². The maximum Gasteiger partial charge on any atom is 0.262 e. The van der Waals surface area contributed by atoms with Gasteiger partial charge in [-0.1, -0.05) is 6.07 Å². The third kappa shape index (κ3) is 2.65. The highest BCUT2D eigenvalue weighted by Crippen LogP contribution is 2.22. The minimum atomic E-state index is -0.687. The fourth-order valence-electron chi connectivity index (χ4n) is 1.95. The number of rotatable bonds is 2. The van der Waals surface area contributed by atoms with Crippen molar-refractivity contribution in [3.63, 3.8) is 0 Å². The van der Waals surface area contributed by atoms with Crippen molar-refractivity contribution in [3.8, 4) is 6.07 Å². The Balaban J connectivity index is 2.06. The van der Waals surface area contributed by atoms with Gasteiger partial charge in [0.25, 0.3) is 5.91 Å². The quantitative estimate of drug-likeness (QED) is 0.863. The van der Waals surface area contributed by atoms with Crippen LogP contribution in [0.15, 0.2) is 17.5 Å². The second-order valence-electron chi connectivity index (χ2n) is 4.43. The molecule has 17 heavy (non-hydrogen) atoms. The van der Waals surface area contributed by atoms with E-state index in [2.05, 4.69) is 16.3 Å². The molecule has 0 saturated carbocycles. The fourth-order valence-corrected chi connectivity index (χ4v) is 2.57. The summed E-state index contributed by atoms with van der Waals surface area (Å²) in [5.41, 5.74) is -0.687. The van der Waals surface area contributed by atoms with Crippen LogP contribution in [0.3, 0.4) is 0 Å². The molecule has 1 saturated heterocycles. The molecule has 0 radical (unpaired) electrons. The van der Waals surface area contributed by atoms with E-state index in [9.17, 15) is 10.1 Å². The summed E-state index contributed by atoms with van der Waals surface area (Å²) in [7, 11) is 2.03. The monoisotopic (exact) mass is 249 g/mol. The first kappa shape index (κ1) is 12.1. The van der Waals surface area contributed by atoms with Crippen LogP contribution in [0, 0.1) is 11.3 Å². The number of carbonyl (C=O) groups is 1. The van der Waals surface area contributed by atoms with Gasteiger partial charge in [0.1, 0.15) is 5.54 Å². The summed E-state index contributed by atoms with van der Waals surface area (Å²) in [5, 5.41) is 14.0. The smallest absolute Gasteiger partial charge is 0.262 e. The van der Waals surface area contributed by atoms with E-state index in [4.69, 9.17) is 0 Å². The predicted molar refractivity (Wildman–Crippen MR) is 66.9 cm³/mol. The highest BCUT2D eigenvalue weighted by Gasteiger charge is 2.35. The minimum Gasteiger partial charge on any atom is -0.333 e. The lowest BCUT2D eigenvalue weighted by atomic mass is 9.89. The average Bonchev–Trinajstić information content (AvgIpc) is 2.86.